The monoisotopic (exact) mass is 465 g/mol. The van der Waals surface area contributed by atoms with E-state index in [1.54, 1.807) is 13.0 Å². The smallest absolute Gasteiger partial charge is 0.331 e. The van der Waals surface area contributed by atoms with Crippen LogP contribution < -0.4 is 0 Å². The van der Waals surface area contributed by atoms with E-state index in [9.17, 15) is 4.79 Å². The van der Waals surface area contributed by atoms with Gasteiger partial charge < -0.3 is 5.11 Å². The van der Waals surface area contributed by atoms with Gasteiger partial charge >= 0.3 is 5.97 Å². The second kappa shape index (κ2) is 5.52. The molecule has 0 aliphatic carbocycles. The number of carbonyl (C=O) groups is 1. The molecule has 92 valence electrons. The predicted molar refractivity (Wildman–Crippen MR) is 88.5 cm³/mol. The summed E-state index contributed by atoms with van der Waals surface area (Å²) in [5, 5.41) is 9.95. The maximum atomic E-state index is 10.9. The van der Waals surface area contributed by atoms with Gasteiger partial charge in [0, 0.05) is 20.1 Å². The van der Waals surface area contributed by atoms with E-state index in [4.69, 9.17) is 5.11 Å². The molecule has 1 heterocycles. The summed E-state index contributed by atoms with van der Waals surface area (Å²) in [6.45, 7) is 1.58. The molecule has 0 spiro atoms. The lowest BCUT2D eigenvalue weighted by Crippen LogP contribution is -1.97. The Balaban J connectivity index is 2.66. The van der Waals surface area contributed by atoms with Gasteiger partial charge in [0.25, 0.3) is 0 Å². The second-order valence-corrected chi connectivity index (χ2v) is 5.99. The normalized spacial score (nSPS) is 11.8. The largest absolute Gasteiger partial charge is 0.478 e. The number of fused-ring (bicyclic) bond motifs is 1. The highest BCUT2D eigenvalue weighted by molar-refractivity contribution is 14.1. The molecule has 18 heavy (non-hydrogen) atoms. The molecule has 0 amide bonds. The van der Waals surface area contributed by atoms with Crippen LogP contribution in [-0.4, -0.2) is 16.1 Å². The Morgan fingerprint density at radius 3 is 2.78 bits per heavy atom. The van der Waals surface area contributed by atoms with Gasteiger partial charge in [-0.3, -0.25) is 0 Å². The summed E-state index contributed by atoms with van der Waals surface area (Å²) in [6.07, 6.45) is 1.65. The average molecular weight is 465 g/mol. The molecule has 0 saturated heterocycles. The maximum Gasteiger partial charge on any atom is 0.331 e. The van der Waals surface area contributed by atoms with E-state index < -0.39 is 5.97 Å². The number of aliphatic carboxylic acids is 1. The minimum atomic E-state index is -0.909. The van der Waals surface area contributed by atoms with Crippen molar-refractivity contribution in [2.24, 2.45) is 0 Å². The highest BCUT2D eigenvalue weighted by Gasteiger charge is 2.07. The van der Waals surface area contributed by atoms with Gasteiger partial charge in [-0.15, -0.1) is 0 Å². The van der Waals surface area contributed by atoms with Gasteiger partial charge in [0.2, 0.25) is 0 Å². The van der Waals surface area contributed by atoms with Crippen LogP contribution in [-0.2, 0) is 4.79 Å². The van der Waals surface area contributed by atoms with Gasteiger partial charge in [0.05, 0.1) is 5.52 Å². The van der Waals surface area contributed by atoms with Crippen molar-refractivity contribution in [2.45, 2.75) is 6.92 Å². The van der Waals surface area contributed by atoms with Crippen LogP contribution in [0.4, 0.5) is 0 Å². The van der Waals surface area contributed by atoms with Gasteiger partial charge in [-0.1, -0.05) is 6.07 Å². The summed E-state index contributed by atoms with van der Waals surface area (Å²) in [4.78, 5) is 15.3. The van der Waals surface area contributed by atoms with Gasteiger partial charge in [0.15, 0.2) is 0 Å². The summed E-state index contributed by atoms with van der Waals surface area (Å²) >= 11 is 4.38. The molecule has 2 aromatic rings. The minimum absolute atomic E-state index is 0.306. The highest BCUT2D eigenvalue weighted by atomic mass is 127. The van der Waals surface area contributed by atoms with Crippen molar-refractivity contribution in [1.29, 1.82) is 0 Å². The number of halogens is 2. The number of aromatic nitrogens is 1. The zero-order valence-electron chi connectivity index (χ0n) is 9.45. The highest BCUT2D eigenvalue weighted by Crippen LogP contribution is 2.24. The predicted octanol–water partition coefficient (Wildman–Crippen LogP) is 3.93. The standard InChI is InChI=1S/C13H9I2NO2/c1-7(13(17)18)5-8-6-9-10(14)3-2-4-11(9)16-12(8)15/h2-6H,1H3,(H,17,18). The Bertz CT molecular complexity index is 665. The Labute approximate surface area is 132 Å². The van der Waals surface area contributed by atoms with Crippen LogP contribution >= 0.6 is 45.2 Å². The summed E-state index contributed by atoms with van der Waals surface area (Å²) in [6, 6.07) is 7.91. The van der Waals surface area contributed by atoms with E-state index in [2.05, 4.69) is 50.2 Å². The van der Waals surface area contributed by atoms with Crippen molar-refractivity contribution >= 4 is 68.1 Å². The molecule has 3 nitrogen and oxygen atoms in total. The number of rotatable bonds is 2. The van der Waals surface area contributed by atoms with Gasteiger partial charge in [0.1, 0.15) is 3.70 Å². The molecule has 2 rings (SSSR count). The molecular formula is C13H9I2NO2. The first-order valence-corrected chi connectivity index (χ1v) is 7.31. The summed E-state index contributed by atoms with van der Waals surface area (Å²) in [5.74, 6) is -0.909. The molecule has 0 unspecified atom stereocenters. The van der Waals surface area contributed by atoms with Crippen LogP contribution in [0.2, 0.25) is 0 Å². The molecule has 0 aliphatic rings. The Morgan fingerprint density at radius 1 is 1.39 bits per heavy atom. The molecule has 0 bridgehead atoms. The second-order valence-electron chi connectivity index (χ2n) is 3.81. The molecule has 0 aliphatic heterocycles. The number of hydrogen-bond acceptors (Lipinski definition) is 2. The number of hydrogen-bond donors (Lipinski definition) is 1. The van der Waals surface area contributed by atoms with Gasteiger partial charge in [-0.2, -0.15) is 0 Å². The van der Waals surface area contributed by atoms with Crippen molar-refractivity contribution < 1.29 is 9.90 Å². The molecule has 1 aromatic carbocycles. The van der Waals surface area contributed by atoms with Gasteiger partial charge in [-0.25, -0.2) is 9.78 Å². The molecule has 0 saturated carbocycles. The Morgan fingerprint density at radius 2 is 2.11 bits per heavy atom. The van der Waals surface area contributed by atoms with Crippen LogP contribution in [0.1, 0.15) is 12.5 Å². The number of nitrogens with zero attached hydrogens (tertiary/aromatic N) is 1. The SMILES string of the molecule is CC(=Cc1cc2c(I)cccc2nc1I)C(=O)O. The van der Waals surface area contributed by atoms with E-state index >= 15 is 0 Å². The minimum Gasteiger partial charge on any atom is -0.478 e. The number of benzene rings is 1. The molecule has 1 aromatic heterocycles. The average Bonchev–Trinajstić information content (AvgIpc) is 2.31. The first-order valence-electron chi connectivity index (χ1n) is 5.15. The lowest BCUT2D eigenvalue weighted by atomic mass is 10.1. The molecule has 0 atom stereocenters. The first kappa shape index (κ1) is 13.7. The fourth-order valence-electron chi connectivity index (χ4n) is 1.55. The van der Waals surface area contributed by atoms with E-state index in [0.29, 0.717) is 5.57 Å². The summed E-state index contributed by atoms with van der Waals surface area (Å²) < 4.78 is 1.92. The molecular weight excluding hydrogens is 456 g/mol. The van der Waals surface area contributed by atoms with Crippen molar-refractivity contribution in [3.63, 3.8) is 0 Å². The molecule has 0 fully saturated rings. The quantitative estimate of drug-likeness (QED) is 0.416. The van der Waals surface area contributed by atoms with E-state index in [1.165, 1.54) is 0 Å². The van der Waals surface area contributed by atoms with Crippen molar-refractivity contribution in [2.75, 3.05) is 0 Å². The van der Waals surface area contributed by atoms with Crippen LogP contribution in [0, 0.1) is 7.27 Å². The van der Waals surface area contributed by atoms with Crippen molar-refractivity contribution in [3.05, 3.63) is 42.7 Å². The van der Waals surface area contributed by atoms with Crippen LogP contribution in [0.3, 0.4) is 0 Å². The Hall–Kier alpha value is -0.700. The molecule has 5 heteroatoms. The lowest BCUT2D eigenvalue weighted by Gasteiger charge is -2.05. The first-order chi connectivity index (χ1) is 8.49. The van der Waals surface area contributed by atoms with E-state index in [1.807, 2.05) is 24.3 Å². The fourth-order valence-corrected chi connectivity index (χ4v) is 2.76. The summed E-state index contributed by atoms with van der Waals surface area (Å²) in [5.41, 5.74) is 2.07. The fraction of sp³-hybridized carbons (Fsp3) is 0.0769. The molecule has 0 radical (unpaired) electrons. The van der Waals surface area contributed by atoms with Gasteiger partial charge in [-0.05, 0) is 76.4 Å². The van der Waals surface area contributed by atoms with Crippen LogP contribution in [0.25, 0.3) is 17.0 Å². The van der Waals surface area contributed by atoms with E-state index in [-0.39, 0.29) is 0 Å². The third kappa shape index (κ3) is 2.82. The maximum absolute atomic E-state index is 10.9. The Kier molecular flexibility index (Phi) is 4.21. The van der Waals surface area contributed by atoms with Crippen LogP contribution in [0.15, 0.2) is 29.8 Å². The zero-order chi connectivity index (χ0) is 13.3. The molecule has 1 N–H and O–H groups in total. The van der Waals surface area contributed by atoms with Crippen molar-refractivity contribution in [1.82, 2.24) is 4.98 Å². The van der Waals surface area contributed by atoms with E-state index in [0.717, 1.165) is 23.7 Å². The topological polar surface area (TPSA) is 50.2 Å². The number of carboxylic acid groups (broad SMARTS) is 1. The van der Waals surface area contributed by atoms with Crippen molar-refractivity contribution in [3.8, 4) is 0 Å². The number of carboxylic acids is 1. The van der Waals surface area contributed by atoms with Crippen LogP contribution in [0.5, 0.6) is 0 Å². The summed E-state index contributed by atoms with van der Waals surface area (Å²) in [7, 11) is 0. The number of pyridine rings is 1. The zero-order valence-corrected chi connectivity index (χ0v) is 13.8. The third-order valence-corrected chi connectivity index (χ3v) is 4.30. The lowest BCUT2D eigenvalue weighted by molar-refractivity contribution is -0.132. The third-order valence-electron chi connectivity index (χ3n) is 2.50.